The van der Waals surface area contributed by atoms with Crippen LogP contribution in [0.25, 0.3) is 6.08 Å². The molecule has 3 aromatic rings. The average molecular weight is 486 g/mol. The van der Waals surface area contributed by atoms with Gasteiger partial charge in [0, 0.05) is 32.7 Å². The highest BCUT2D eigenvalue weighted by Gasteiger charge is 2.15. The van der Waals surface area contributed by atoms with Crippen molar-refractivity contribution in [2.75, 3.05) is 12.4 Å². The maximum atomic E-state index is 12.6. The Labute approximate surface area is 202 Å². The summed E-state index contributed by atoms with van der Waals surface area (Å²) >= 11 is 18.9. The van der Waals surface area contributed by atoms with E-state index in [1.807, 2.05) is 37.3 Å². The lowest BCUT2D eigenvalue weighted by Crippen LogP contribution is -2.13. The Kier molecular flexibility index (Phi) is 7.82. The molecule has 0 unspecified atom stereocenters. The third-order valence-corrected chi connectivity index (χ3v) is 5.94. The van der Waals surface area contributed by atoms with E-state index in [1.165, 1.54) is 13.2 Å². The van der Waals surface area contributed by atoms with Gasteiger partial charge in [-0.1, -0.05) is 59.1 Å². The third-order valence-electron chi connectivity index (χ3n) is 4.83. The number of nitrogens with zero attached hydrogens (tertiary/aromatic N) is 1. The van der Waals surface area contributed by atoms with Gasteiger partial charge in [-0.3, -0.25) is 4.79 Å². The summed E-state index contributed by atoms with van der Waals surface area (Å²) in [7, 11) is 1.54. The molecule has 4 nitrogen and oxygen atoms in total. The number of carbonyl (C=O) groups excluding carboxylic acids is 1. The lowest BCUT2D eigenvalue weighted by Gasteiger charge is -2.13. The van der Waals surface area contributed by atoms with Crippen LogP contribution in [-0.2, 0) is 11.2 Å². The number of ether oxygens (including phenoxy) is 1. The molecule has 0 spiro atoms. The molecule has 0 saturated heterocycles. The average Bonchev–Trinajstić information content (AvgIpc) is 2.77. The molecule has 0 aliphatic rings. The Balaban J connectivity index is 1.89. The van der Waals surface area contributed by atoms with Crippen molar-refractivity contribution >= 4 is 52.5 Å². The second-order valence-electron chi connectivity index (χ2n) is 7.04. The van der Waals surface area contributed by atoms with E-state index in [0.717, 1.165) is 16.7 Å². The fourth-order valence-corrected chi connectivity index (χ4v) is 3.75. The zero-order chi connectivity index (χ0) is 23.3. The number of rotatable bonds is 6. The number of anilines is 1. The minimum Gasteiger partial charge on any atom is -0.496 e. The molecule has 3 aromatic carbocycles. The predicted molar refractivity (Wildman–Crippen MR) is 131 cm³/mol. The quantitative estimate of drug-likeness (QED) is 0.299. The number of amides is 1. The van der Waals surface area contributed by atoms with Gasteiger partial charge in [-0.2, -0.15) is 5.26 Å². The molecule has 7 heteroatoms. The molecule has 1 N–H and O–H groups in total. The van der Waals surface area contributed by atoms with Gasteiger partial charge in [0.2, 0.25) is 0 Å². The predicted octanol–water partition coefficient (Wildman–Crippen LogP) is 7.10. The maximum absolute atomic E-state index is 12.6. The van der Waals surface area contributed by atoms with Crippen molar-refractivity contribution in [2.45, 2.75) is 13.3 Å². The second kappa shape index (κ2) is 10.6. The molecule has 0 fully saturated rings. The molecule has 0 heterocycles. The van der Waals surface area contributed by atoms with Gasteiger partial charge in [0.05, 0.1) is 7.11 Å². The van der Waals surface area contributed by atoms with Crippen LogP contribution in [0, 0.1) is 18.3 Å². The van der Waals surface area contributed by atoms with E-state index < -0.39 is 5.91 Å². The Morgan fingerprint density at radius 1 is 1.06 bits per heavy atom. The highest BCUT2D eigenvalue weighted by molar-refractivity contribution is 6.32. The van der Waals surface area contributed by atoms with Crippen molar-refractivity contribution < 1.29 is 9.53 Å². The van der Waals surface area contributed by atoms with E-state index in [9.17, 15) is 10.1 Å². The van der Waals surface area contributed by atoms with E-state index in [0.29, 0.717) is 38.5 Å². The summed E-state index contributed by atoms with van der Waals surface area (Å²) in [5.41, 5.74) is 3.53. The van der Waals surface area contributed by atoms with Gasteiger partial charge in [-0.25, -0.2) is 0 Å². The van der Waals surface area contributed by atoms with E-state index in [2.05, 4.69) is 5.32 Å². The number of carbonyl (C=O) groups is 1. The Morgan fingerprint density at radius 2 is 1.81 bits per heavy atom. The summed E-state index contributed by atoms with van der Waals surface area (Å²) in [6.45, 7) is 1.86. The first-order chi connectivity index (χ1) is 15.3. The molecule has 1 amide bonds. The molecule has 32 heavy (non-hydrogen) atoms. The number of halogens is 3. The molecule has 0 aliphatic heterocycles. The SMILES string of the molecule is COc1cc(/C=C(\C#N)C(=O)Nc2ccc(C)c(Cl)c2)cc(Cl)c1Cc1ccccc1Cl. The lowest BCUT2D eigenvalue weighted by atomic mass is 10.0. The van der Waals surface area contributed by atoms with Gasteiger partial charge in [-0.05, 0) is 60.0 Å². The van der Waals surface area contributed by atoms with Crippen molar-refractivity contribution in [1.29, 1.82) is 5.26 Å². The fraction of sp³-hybridized carbons (Fsp3) is 0.120. The summed E-state index contributed by atoms with van der Waals surface area (Å²) < 4.78 is 5.52. The van der Waals surface area contributed by atoms with Crippen molar-refractivity contribution in [3.63, 3.8) is 0 Å². The summed E-state index contributed by atoms with van der Waals surface area (Å²) in [6.07, 6.45) is 1.93. The Hall–Kier alpha value is -2.97. The largest absolute Gasteiger partial charge is 0.496 e. The van der Waals surface area contributed by atoms with Crippen LogP contribution in [0.1, 0.15) is 22.3 Å². The van der Waals surface area contributed by atoms with Crippen LogP contribution < -0.4 is 10.1 Å². The van der Waals surface area contributed by atoms with Crippen molar-refractivity contribution in [2.24, 2.45) is 0 Å². The molecule has 162 valence electrons. The van der Waals surface area contributed by atoms with Gasteiger partial charge in [0.25, 0.3) is 5.91 Å². The topological polar surface area (TPSA) is 62.1 Å². The van der Waals surface area contributed by atoms with Crippen LogP contribution in [0.3, 0.4) is 0 Å². The van der Waals surface area contributed by atoms with E-state index >= 15 is 0 Å². The second-order valence-corrected chi connectivity index (χ2v) is 8.26. The van der Waals surface area contributed by atoms with Crippen molar-refractivity contribution in [1.82, 2.24) is 0 Å². The highest BCUT2D eigenvalue weighted by Crippen LogP contribution is 2.33. The first-order valence-electron chi connectivity index (χ1n) is 9.61. The van der Waals surface area contributed by atoms with Gasteiger partial charge < -0.3 is 10.1 Å². The number of hydrogen-bond acceptors (Lipinski definition) is 3. The summed E-state index contributed by atoms with van der Waals surface area (Å²) in [6, 6.07) is 18.0. The number of aryl methyl sites for hydroxylation is 1. The lowest BCUT2D eigenvalue weighted by molar-refractivity contribution is -0.112. The maximum Gasteiger partial charge on any atom is 0.266 e. The fourth-order valence-electron chi connectivity index (χ4n) is 3.08. The third kappa shape index (κ3) is 5.63. The minimum absolute atomic E-state index is 0.0846. The molecule has 0 atom stereocenters. The van der Waals surface area contributed by atoms with Crippen LogP contribution in [0.15, 0.2) is 60.2 Å². The molecule has 3 rings (SSSR count). The van der Waals surface area contributed by atoms with Gasteiger partial charge in [-0.15, -0.1) is 0 Å². The molecule has 0 bridgehead atoms. The summed E-state index contributed by atoms with van der Waals surface area (Å²) in [5.74, 6) is -0.0191. The zero-order valence-corrected chi connectivity index (χ0v) is 19.6. The van der Waals surface area contributed by atoms with Crippen LogP contribution in [0.2, 0.25) is 15.1 Å². The molecule has 0 saturated carbocycles. The van der Waals surface area contributed by atoms with Crippen LogP contribution >= 0.6 is 34.8 Å². The normalized spacial score (nSPS) is 11.1. The number of hydrogen-bond donors (Lipinski definition) is 1. The number of nitriles is 1. The molecule has 0 aliphatic carbocycles. The van der Waals surface area contributed by atoms with Gasteiger partial charge >= 0.3 is 0 Å². The van der Waals surface area contributed by atoms with Crippen molar-refractivity contribution in [3.8, 4) is 11.8 Å². The Bertz CT molecular complexity index is 1250. The van der Waals surface area contributed by atoms with Crippen LogP contribution in [-0.4, -0.2) is 13.0 Å². The molecular formula is C25H19Cl3N2O2. The van der Waals surface area contributed by atoms with E-state index in [4.69, 9.17) is 39.5 Å². The zero-order valence-electron chi connectivity index (χ0n) is 17.4. The molecule has 0 radical (unpaired) electrons. The number of nitrogens with one attached hydrogen (secondary N) is 1. The highest BCUT2D eigenvalue weighted by atomic mass is 35.5. The number of methoxy groups -OCH3 is 1. The van der Waals surface area contributed by atoms with Crippen molar-refractivity contribution in [3.05, 3.63) is 97.5 Å². The standard InChI is InChI=1S/C25H19Cl3N2O2/c1-15-7-8-19(13-22(15)27)30-25(31)18(14-29)9-16-10-23(28)20(24(11-16)32-2)12-17-5-3-4-6-21(17)26/h3-11,13H,12H2,1-2H3,(H,30,31)/b18-9+. The molecular weight excluding hydrogens is 467 g/mol. The summed E-state index contributed by atoms with van der Waals surface area (Å²) in [5, 5.41) is 13.8. The van der Waals surface area contributed by atoms with Gasteiger partial charge in [0.15, 0.2) is 0 Å². The summed E-state index contributed by atoms with van der Waals surface area (Å²) in [4.78, 5) is 12.6. The first-order valence-corrected chi connectivity index (χ1v) is 10.7. The number of benzene rings is 3. The molecule has 0 aromatic heterocycles. The van der Waals surface area contributed by atoms with Crippen LogP contribution in [0.4, 0.5) is 5.69 Å². The van der Waals surface area contributed by atoms with Crippen LogP contribution in [0.5, 0.6) is 5.75 Å². The first kappa shape index (κ1) is 23.7. The monoisotopic (exact) mass is 484 g/mol. The van der Waals surface area contributed by atoms with E-state index in [1.54, 1.807) is 30.3 Å². The smallest absolute Gasteiger partial charge is 0.266 e. The minimum atomic E-state index is -0.553. The van der Waals surface area contributed by atoms with Gasteiger partial charge in [0.1, 0.15) is 17.4 Å². The Morgan fingerprint density at radius 3 is 2.47 bits per heavy atom. The van der Waals surface area contributed by atoms with E-state index in [-0.39, 0.29) is 5.57 Å².